The van der Waals surface area contributed by atoms with Crippen molar-refractivity contribution in [3.63, 3.8) is 0 Å². The molecule has 1 fully saturated rings. The van der Waals surface area contributed by atoms with E-state index in [1.807, 2.05) is 25.1 Å². The van der Waals surface area contributed by atoms with E-state index in [4.69, 9.17) is 0 Å². The van der Waals surface area contributed by atoms with Gasteiger partial charge in [-0.2, -0.15) is 0 Å². The number of carbonyl (C=O) groups is 1. The lowest BCUT2D eigenvalue weighted by molar-refractivity contribution is 0.0817. The van der Waals surface area contributed by atoms with Gasteiger partial charge in [-0.15, -0.1) is 0 Å². The maximum Gasteiger partial charge on any atom is 0.272 e. The second-order valence-electron chi connectivity index (χ2n) is 5.30. The van der Waals surface area contributed by atoms with Gasteiger partial charge in [0.25, 0.3) is 5.91 Å². The third-order valence-corrected chi connectivity index (χ3v) is 3.90. The molecule has 1 aliphatic carbocycles. The fourth-order valence-corrected chi connectivity index (χ4v) is 2.56. The van der Waals surface area contributed by atoms with Crippen molar-refractivity contribution in [3.8, 4) is 0 Å². The van der Waals surface area contributed by atoms with Crippen molar-refractivity contribution in [2.45, 2.75) is 31.7 Å². The molecule has 0 radical (unpaired) electrons. The van der Waals surface area contributed by atoms with Crippen LogP contribution in [-0.2, 0) is 5.54 Å². The van der Waals surface area contributed by atoms with Gasteiger partial charge >= 0.3 is 0 Å². The zero-order valence-corrected chi connectivity index (χ0v) is 11.5. The van der Waals surface area contributed by atoms with Crippen LogP contribution in [0.4, 0.5) is 0 Å². The molecule has 1 N–H and O–H groups in total. The van der Waals surface area contributed by atoms with Gasteiger partial charge in [0, 0.05) is 6.20 Å². The first-order valence-electron chi connectivity index (χ1n) is 6.86. The Kier molecular flexibility index (Phi) is 3.22. The minimum absolute atomic E-state index is 0.152. The Labute approximate surface area is 118 Å². The largest absolute Gasteiger partial charge is 0.341 e. The van der Waals surface area contributed by atoms with Gasteiger partial charge in [-0.25, -0.2) is 4.98 Å². The lowest BCUT2D eigenvalue weighted by Crippen LogP contribution is -2.51. The van der Waals surface area contributed by atoms with E-state index in [1.54, 1.807) is 6.20 Å². The van der Waals surface area contributed by atoms with Crippen LogP contribution in [0.1, 0.15) is 41.0 Å². The van der Waals surface area contributed by atoms with E-state index in [0.717, 1.165) is 25.0 Å². The lowest BCUT2D eigenvalue weighted by atomic mass is 9.71. The molecule has 0 bridgehead atoms. The number of hydrogen-bond donors (Lipinski definition) is 1. The van der Waals surface area contributed by atoms with Crippen LogP contribution in [-0.4, -0.2) is 15.9 Å². The Balaban J connectivity index is 1.82. The number of carbonyl (C=O) groups excluding carboxylic acids is 1. The van der Waals surface area contributed by atoms with Crippen molar-refractivity contribution in [1.82, 2.24) is 15.3 Å². The van der Waals surface area contributed by atoms with Crippen molar-refractivity contribution in [1.29, 1.82) is 0 Å². The smallest absolute Gasteiger partial charge is 0.272 e. The topological polar surface area (TPSA) is 54.9 Å². The van der Waals surface area contributed by atoms with E-state index < -0.39 is 0 Å². The Bertz CT molecular complexity index is 603. The quantitative estimate of drug-likeness (QED) is 0.930. The summed E-state index contributed by atoms with van der Waals surface area (Å²) in [6.45, 7) is 1.85. The molecular weight excluding hydrogens is 250 g/mol. The molecule has 102 valence electrons. The van der Waals surface area contributed by atoms with Gasteiger partial charge in [-0.3, -0.25) is 9.78 Å². The third-order valence-electron chi connectivity index (χ3n) is 3.90. The van der Waals surface area contributed by atoms with Crippen molar-refractivity contribution >= 4 is 5.91 Å². The molecule has 0 atom stereocenters. The van der Waals surface area contributed by atoms with Gasteiger partial charge in [0.15, 0.2) is 0 Å². The third kappa shape index (κ3) is 2.29. The number of aromatic nitrogens is 2. The average Bonchev–Trinajstić information content (AvgIpc) is 2.44. The highest BCUT2D eigenvalue weighted by atomic mass is 16.2. The molecule has 0 saturated heterocycles. The number of hydrogen-bond acceptors (Lipinski definition) is 3. The molecule has 0 unspecified atom stereocenters. The summed E-state index contributed by atoms with van der Waals surface area (Å²) in [5.41, 5.74) is 2.12. The highest BCUT2D eigenvalue weighted by Gasteiger charge is 2.40. The van der Waals surface area contributed by atoms with Gasteiger partial charge < -0.3 is 5.32 Å². The Morgan fingerprint density at radius 3 is 2.45 bits per heavy atom. The lowest BCUT2D eigenvalue weighted by Gasteiger charge is -2.43. The summed E-state index contributed by atoms with van der Waals surface area (Å²) in [4.78, 5) is 20.6. The second kappa shape index (κ2) is 5.04. The summed E-state index contributed by atoms with van der Waals surface area (Å²) in [6.07, 6.45) is 6.23. The maximum absolute atomic E-state index is 12.3. The minimum atomic E-state index is -0.231. The number of rotatable bonds is 3. The zero-order chi connectivity index (χ0) is 14.0. The summed E-state index contributed by atoms with van der Waals surface area (Å²) in [5.74, 6) is -0.152. The minimum Gasteiger partial charge on any atom is -0.341 e. The molecule has 3 rings (SSSR count). The van der Waals surface area contributed by atoms with Crippen LogP contribution in [0, 0.1) is 6.92 Å². The molecule has 0 spiro atoms. The summed E-state index contributed by atoms with van der Waals surface area (Å²) in [6, 6.07) is 10.1. The molecule has 4 heteroatoms. The van der Waals surface area contributed by atoms with Crippen LogP contribution in [0.25, 0.3) is 0 Å². The maximum atomic E-state index is 12.3. The first-order valence-corrected chi connectivity index (χ1v) is 6.86. The Morgan fingerprint density at radius 1 is 1.15 bits per heavy atom. The predicted octanol–water partition coefficient (Wildman–Crippen LogP) is 2.59. The molecule has 4 nitrogen and oxygen atoms in total. The molecule has 1 amide bonds. The van der Waals surface area contributed by atoms with Crippen LogP contribution in [0.5, 0.6) is 0 Å². The van der Waals surface area contributed by atoms with E-state index in [-0.39, 0.29) is 11.4 Å². The molecule has 0 aliphatic heterocycles. The molecule has 1 aromatic heterocycles. The fourth-order valence-electron chi connectivity index (χ4n) is 2.56. The molecule has 1 aromatic carbocycles. The van der Waals surface area contributed by atoms with E-state index in [9.17, 15) is 4.79 Å². The summed E-state index contributed by atoms with van der Waals surface area (Å²) >= 11 is 0. The first-order chi connectivity index (χ1) is 9.70. The van der Waals surface area contributed by atoms with Crippen molar-refractivity contribution in [2.75, 3.05) is 0 Å². The number of aryl methyl sites for hydroxylation is 1. The van der Waals surface area contributed by atoms with Gasteiger partial charge in [-0.05, 0) is 31.7 Å². The van der Waals surface area contributed by atoms with Crippen LogP contribution in [0.3, 0.4) is 0 Å². The summed E-state index contributed by atoms with van der Waals surface area (Å²) in [5, 5.41) is 3.14. The van der Waals surface area contributed by atoms with Gasteiger partial charge in [0.1, 0.15) is 5.69 Å². The fraction of sp³-hybridized carbons (Fsp3) is 0.312. The van der Waals surface area contributed by atoms with E-state index >= 15 is 0 Å². The van der Waals surface area contributed by atoms with Crippen molar-refractivity contribution < 1.29 is 4.79 Å². The van der Waals surface area contributed by atoms with E-state index in [0.29, 0.717) is 5.69 Å². The molecule has 1 saturated carbocycles. The SMILES string of the molecule is Cc1cnc(C(=O)NC2(c3ccccc3)CCC2)cn1. The van der Waals surface area contributed by atoms with Crippen LogP contribution >= 0.6 is 0 Å². The van der Waals surface area contributed by atoms with Gasteiger partial charge in [-0.1, -0.05) is 30.3 Å². The number of nitrogens with one attached hydrogen (secondary N) is 1. The molecular formula is C16H17N3O. The van der Waals surface area contributed by atoms with Crippen molar-refractivity contribution in [2.24, 2.45) is 0 Å². The van der Waals surface area contributed by atoms with Crippen LogP contribution < -0.4 is 5.32 Å². The van der Waals surface area contributed by atoms with E-state index in [2.05, 4.69) is 27.4 Å². The highest BCUT2D eigenvalue weighted by Crippen LogP contribution is 2.41. The van der Waals surface area contributed by atoms with Crippen molar-refractivity contribution in [3.05, 3.63) is 59.7 Å². The molecule has 1 heterocycles. The standard InChI is InChI=1S/C16H17N3O/c1-12-10-18-14(11-17-12)15(20)19-16(8-5-9-16)13-6-3-2-4-7-13/h2-4,6-7,10-11H,5,8-9H2,1H3,(H,19,20). The predicted molar refractivity (Wildman–Crippen MR) is 76.2 cm³/mol. The first kappa shape index (κ1) is 12.8. The number of benzene rings is 1. The number of nitrogens with zero attached hydrogens (tertiary/aromatic N) is 2. The summed E-state index contributed by atoms with van der Waals surface area (Å²) in [7, 11) is 0. The average molecular weight is 267 g/mol. The second-order valence-corrected chi connectivity index (χ2v) is 5.30. The zero-order valence-electron chi connectivity index (χ0n) is 11.5. The number of amides is 1. The molecule has 20 heavy (non-hydrogen) atoms. The molecule has 2 aromatic rings. The van der Waals surface area contributed by atoms with Crippen LogP contribution in [0.15, 0.2) is 42.7 Å². The van der Waals surface area contributed by atoms with Crippen LogP contribution in [0.2, 0.25) is 0 Å². The highest BCUT2D eigenvalue weighted by molar-refractivity contribution is 5.92. The summed E-state index contributed by atoms with van der Waals surface area (Å²) < 4.78 is 0. The van der Waals surface area contributed by atoms with Gasteiger partial charge in [0.2, 0.25) is 0 Å². The molecule has 1 aliphatic rings. The van der Waals surface area contributed by atoms with E-state index in [1.165, 1.54) is 11.8 Å². The van der Waals surface area contributed by atoms with Gasteiger partial charge in [0.05, 0.1) is 17.4 Å². The Hall–Kier alpha value is -2.23. The monoisotopic (exact) mass is 267 g/mol. The Morgan fingerprint density at radius 2 is 1.90 bits per heavy atom. The normalized spacial score (nSPS) is 16.2.